The van der Waals surface area contributed by atoms with Gasteiger partial charge in [0.05, 0.1) is 16.5 Å². The third-order valence-corrected chi connectivity index (χ3v) is 5.36. The zero-order valence-corrected chi connectivity index (χ0v) is 13.9. The number of esters is 1. The first-order chi connectivity index (χ1) is 10.5. The van der Waals surface area contributed by atoms with Gasteiger partial charge in [0.1, 0.15) is 18.0 Å². The molecule has 0 aromatic carbocycles. The van der Waals surface area contributed by atoms with Gasteiger partial charge < -0.3 is 14.6 Å². The Hall–Kier alpha value is -1.22. The number of carbonyl (C=O) groups is 1. The number of aromatic nitrogens is 2. The number of fused-ring (bicyclic) bond motifs is 1. The van der Waals surface area contributed by atoms with Crippen molar-refractivity contribution in [2.75, 3.05) is 12.9 Å². The molecule has 2 aromatic heterocycles. The summed E-state index contributed by atoms with van der Waals surface area (Å²) >= 11 is 2.96. The van der Waals surface area contributed by atoms with E-state index in [4.69, 9.17) is 9.47 Å². The number of hydrogen-bond donors (Lipinski definition) is 1. The van der Waals surface area contributed by atoms with E-state index in [9.17, 15) is 9.90 Å². The highest BCUT2D eigenvalue weighted by Crippen LogP contribution is 2.43. The standard InChI is InChI=1S/C14H16N2O4S2/c1-8(17)19-5-9-3-4-14(18,20-9)12-11-10(6-22-12)13(21-2)16-7-15-11/h6-7,9,18H,3-5H2,1-2H3. The van der Waals surface area contributed by atoms with Gasteiger partial charge >= 0.3 is 5.97 Å². The molecule has 6 nitrogen and oxygen atoms in total. The van der Waals surface area contributed by atoms with E-state index in [1.54, 1.807) is 11.8 Å². The molecule has 2 atom stereocenters. The molecule has 3 heterocycles. The first-order valence-electron chi connectivity index (χ1n) is 6.83. The summed E-state index contributed by atoms with van der Waals surface area (Å²) in [5, 5.41) is 14.6. The summed E-state index contributed by atoms with van der Waals surface area (Å²) in [6, 6.07) is 0. The van der Waals surface area contributed by atoms with Crippen LogP contribution in [-0.4, -0.2) is 40.0 Å². The molecule has 1 N–H and O–H groups in total. The number of ether oxygens (including phenoxy) is 2. The van der Waals surface area contributed by atoms with Crippen LogP contribution in [0.15, 0.2) is 16.7 Å². The zero-order chi connectivity index (χ0) is 15.7. The Bertz CT molecular complexity index is 705. The molecular formula is C14H16N2O4S2. The van der Waals surface area contributed by atoms with Gasteiger partial charge in [-0.25, -0.2) is 9.97 Å². The molecule has 0 bridgehead atoms. The minimum Gasteiger partial charge on any atom is -0.463 e. The van der Waals surface area contributed by atoms with Crippen molar-refractivity contribution in [3.8, 4) is 0 Å². The average molecular weight is 340 g/mol. The minimum absolute atomic E-state index is 0.159. The van der Waals surface area contributed by atoms with Crippen molar-refractivity contribution in [2.24, 2.45) is 0 Å². The van der Waals surface area contributed by atoms with E-state index in [2.05, 4.69) is 9.97 Å². The van der Waals surface area contributed by atoms with Gasteiger partial charge in [-0.1, -0.05) is 0 Å². The van der Waals surface area contributed by atoms with Crippen molar-refractivity contribution in [1.29, 1.82) is 0 Å². The van der Waals surface area contributed by atoms with E-state index in [0.29, 0.717) is 17.7 Å². The maximum absolute atomic E-state index is 10.9. The topological polar surface area (TPSA) is 81.5 Å². The minimum atomic E-state index is -1.37. The Labute approximate surface area is 135 Å². The largest absolute Gasteiger partial charge is 0.463 e. The summed E-state index contributed by atoms with van der Waals surface area (Å²) < 4.78 is 10.7. The van der Waals surface area contributed by atoms with Crippen molar-refractivity contribution in [3.63, 3.8) is 0 Å². The highest BCUT2D eigenvalue weighted by Gasteiger charge is 2.43. The van der Waals surface area contributed by atoms with Gasteiger partial charge in [0.25, 0.3) is 0 Å². The molecule has 8 heteroatoms. The summed E-state index contributed by atoms with van der Waals surface area (Å²) in [6.07, 6.45) is 4.23. The van der Waals surface area contributed by atoms with Gasteiger partial charge in [0, 0.05) is 24.1 Å². The fourth-order valence-electron chi connectivity index (χ4n) is 2.52. The Morgan fingerprint density at radius 2 is 2.45 bits per heavy atom. The first kappa shape index (κ1) is 15.7. The van der Waals surface area contributed by atoms with Crippen LogP contribution in [-0.2, 0) is 20.1 Å². The maximum Gasteiger partial charge on any atom is 0.302 e. The highest BCUT2D eigenvalue weighted by molar-refractivity contribution is 7.98. The summed E-state index contributed by atoms with van der Waals surface area (Å²) in [4.78, 5) is 20.1. The van der Waals surface area contributed by atoms with Gasteiger partial charge in [0.2, 0.25) is 5.79 Å². The lowest BCUT2D eigenvalue weighted by molar-refractivity contribution is -0.205. The third kappa shape index (κ3) is 2.83. The van der Waals surface area contributed by atoms with Crippen LogP contribution in [0.25, 0.3) is 10.9 Å². The second-order valence-electron chi connectivity index (χ2n) is 5.08. The lowest BCUT2D eigenvalue weighted by atomic mass is 10.1. The first-order valence-corrected chi connectivity index (χ1v) is 8.94. The number of rotatable bonds is 4. The molecule has 3 rings (SSSR count). The van der Waals surface area contributed by atoms with Gasteiger partial charge in [-0.3, -0.25) is 4.79 Å². The van der Waals surface area contributed by atoms with Crippen LogP contribution >= 0.6 is 23.1 Å². The second-order valence-corrected chi connectivity index (χ2v) is 6.75. The van der Waals surface area contributed by atoms with E-state index in [-0.39, 0.29) is 18.7 Å². The fraction of sp³-hybridized carbons (Fsp3) is 0.500. The van der Waals surface area contributed by atoms with Crippen LogP contribution in [0, 0.1) is 0 Å². The van der Waals surface area contributed by atoms with E-state index in [1.807, 2.05) is 11.6 Å². The summed E-state index contributed by atoms with van der Waals surface area (Å²) in [6.45, 7) is 1.51. The summed E-state index contributed by atoms with van der Waals surface area (Å²) in [7, 11) is 0. The SMILES string of the molecule is CSc1ncnc2c(C3(O)CCC(COC(C)=O)O3)scc12. The maximum atomic E-state index is 10.9. The van der Waals surface area contributed by atoms with E-state index >= 15 is 0 Å². The Morgan fingerprint density at radius 1 is 1.64 bits per heavy atom. The molecule has 2 aromatic rings. The molecule has 1 saturated heterocycles. The van der Waals surface area contributed by atoms with Crippen LogP contribution in [0.5, 0.6) is 0 Å². The lowest BCUT2D eigenvalue weighted by Gasteiger charge is -2.22. The molecule has 0 spiro atoms. The van der Waals surface area contributed by atoms with Crippen molar-refractivity contribution in [3.05, 3.63) is 16.6 Å². The number of thioether (sulfide) groups is 1. The van der Waals surface area contributed by atoms with E-state index < -0.39 is 5.79 Å². The molecule has 0 aliphatic carbocycles. The number of nitrogens with zero attached hydrogens (tertiary/aromatic N) is 2. The van der Waals surface area contributed by atoms with Crippen LogP contribution in [0.2, 0.25) is 0 Å². The third-order valence-electron chi connectivity index (χ3n) is 3.54. The van der Waals surface area contributed by atoms with Crippen LogP contribution < -0.4 is 0 Å². The van der Waals surface area contributed by atoms with Crippen molar-refractivity contribution in [1.82, 2.24) is 9.97 Å². The zero-order valence-electron chi connectivity index (χ0n) is 12.2. The summed E-state index contributed by atoms with van der Waals surface area (Å²) in [5.41, 5.74) is 0.722. The van der Waals surface area contributed by atoms with Gasteiger partial charge in [-0.2, -0.15) is 0 Å². The Balaban J connectivity index is 1.86. The molecule has 1 aliphatic heterocycles. The fourth-order valence-corrected chi connectivity index (χ4v) is 4.20. The normalized spacial score (nSPS) is 24.8. The second kappa shape index (κ2) is 6.11. The van der Waals surface area contributed by atoms with Crippen molar-refractivity contribution >= 4 is 40.0 Å². The molecule has 0 saturated carbocycles. The van der Waals surface area contributed by atoms with Crippen LogP contribution in [0.3, 0.4) is 0 Å². The molecule has 22 heavy (non-hydrogen) atoms. The van der Waals surface area contributed by atoms with Crippen LogP contribution in [0.4, 0.5) is 0 Å². The number of aliphatic hydroxyl groups is 1. The van der Waals surface area contributed by atoms with Gasteiger partial charge in [0.15, 0.2) is 0 Å². The molecule has 2 unspecified atom stereocenters. The molecule has 118 valence electrons. The quantitative estimate of drug-likeness (QED) is 0.519. The van der Waals surface area contributed by atoms with Crippen molar-refractivity contribution < 1.29 is 19.4 Å². The monoisotopic (exact) mass is 340 g/mol. The highest BCUT2D eigenvalue weighted by atomic mass is 32.2. The predicted octanol–water partition coefficient (Wildman–Crippen LogP) is 2.30. The Morgan fingerprint density at radius 3 is 3.18 bits per heavy atom. The van der Waals surface area contributed by atoms with Crippen molar-refractivity contribution in [2.45, 2.75) is 36.7 Å². The van der Waals surface area contributed by atoms with E-state index in [0.717, 1.165) is 15.9 Å². The molecule has 0 radical (unpaired) electrons. The predicted molar refractivity (Wildman–Crippen MR) is 83.8 cm³/mol. The van der Waals surface area contributed by atoms with E-state index in [1.165, 1.54) is 24.6 Å². The van der Waals surface area contributed by atoms with Gasteiger partial charge in [-0.05, 0) is 12.7 Å². The Kier molecular flexibility index (Phi) is 4.35. The van der Waals surface area contributed by atoms with Gasteiger partial charge in [-0.15, -0.1) is 23.1 Å². The molecule has 1 fully saturated rings. The number of hydrogen-bond acceptors (Lipinski definition) is 8. The lowest BCUT2D eigenvalue weighted by Crippen LogP contribution is -2.27. The number of thiophene rings is 1. The summed E-state index contributed by atoms with van der Waals surface area (Å²) in [5.74, 6) is -1.72. The average Bonchev–Trinajstić information content (AvgIpc) is 3.09. The smallest absolute Gasteiger partial charge is 0.302 e. The number of carbonyl (C=O) groups excluding carboxylic acids is 1. The van der Waals surface area contributed by atoms with Crippen LogP contribution in [0.1, 0.15) is 24.6 Å². The molecule has 0 amide bonds. The molecular weight excluding hydrogens is 324 g/mol. The molecule has 1 aliphatic rings.